The van der Waals surface area contributed by atoms with Crippen LogP contribution in [0, 0.1) is 16.7 Å². The Hall–Kier alpha value is -5.44. The number of sulfonamides is 1. The van der Waals surface area contributed by atoms with E-state index in [0.717, 1.165) is 11.1 Å². The molecule has 14 nitrogen and oxygen atoms in total. The maximum atomic E-state index is 14.8. The predicted octanol–water partition coefficient (Wildman–Crippen LogP) is 5.90. The first-order valence-electron chi connectivity index (χ1n) is 20.5. The van der Waals surface area contributed by atoms with Crippen molar-refractivity contribution in [1.82, 2.24) is 25.2 Å². The second kappa shape index (κ2) is 16.2. The van der Waals surface area contributed by atoms with Crippen LogP contribution >= 0.6 is 0 Å². The second-order valence-corrected chi connectivity index (χ2v) is 20.2. The van der Waals surface area contributed by atoms with Gasteiger partial charge in [-0.25, -0.2) is 18.2 Å². The third kappa shape index (κ3) is 9.01. The molecule has 2 aliphatic heterocycles. The van der Waals surface area contributed by atoms with Crippen LogP contribution in [0.4, 0.5) is 4.79 Å². The number of nitrogens with one attached hydrogen (secondary N) is 3. The Kier molecular flexibility index (Phi) is 11.5. The Labute approximate surface area is 351 Å². The number of benzene rings is 2. The van der Waals surface area contributed by atoms with E-state index in [1.165, 1.54) is 11.0 Å². The van der Waals surface area contributed by atoms with Crippen molar-refractivity contribution in [3.63, 3.8) is 0 Å². The van der Waals surface area contributed by atoms with Crippen LogP contribution in [0.2, 0.25) is 0 Å². The van der Waals surface area contributed by atoms with Crippen molar-refractivity contribution in [2.45, 2.75) is 102 Å². The maximum Gasteiger partial charge on any atom is 0.407 e. The molecular weight excluding hydrogens is 787 g/mol. The van der Waals surface area contributed by atoms with Gasteiger partial charge >= 0.3 is 6.09 Å². The van der Waals surface area contributed by atoms with E-state index in [2.05, 4.69) is 21.9 Å². The number of methoxy groups -OCH3 is 1. The van der Waals surface area contributed by atoms with Gasteiger partial charge in [-0.05, 0) is 49.0 Å². The Morgan fingerprint density at radius 1 is 1.10 bits per heavy atom. The van der Waals surface area contributed by atoms with Crippen LogP contribution < -0.4 is 24.8 Å². The van der Waals surface area contributed by atoms with Crippen molar-refractivity contribution in [2.24, 2.45) is 16.7 Å². The van der Waals surface area contributed by atoms with E-state index in [1.807, 2.05) is 74.5 Å². The van der Waals surface area contributed by atoms with Gasteiger partial charge in [0.25, 0.3) is 5.91 Å². The standard InChI is InChI=1S/C45H55N5O9S/c1-8-29-24-45(29,41(53)49-60(55,56)31-17-18-31)48-39(51)35-21-30-25-50(35)40(52)38(43(2,3)4)47-42(54)58-26-44(5,6)19-13-12-16-28-20-32-34(23-36(28)57-7)46-33(22-37(32)59-30)27-14-10-9-11-15-27/h8-12,14-16,20,22-23,29-31,35,38H,1,13,17-19,21,24-26H2,2-7H3,(H,47,54)(H,48,51)(H,49,53)/b16-12+/t29-,30-,35+,38-,45-/m1/s1. The van der Waals surface area contributed by atoms with Crippen LogP contribution in [0.25, 0.3) is 28.2 Å². The monoisotopic (exact) mass is 841 g/mol. The first-order chi connectivity index (χ1) is 28.3. The molecule has 5 atom stereocenters. The number of fused-ring (bicyclic) bond motifs is 3. The smallest absolute Gasteiger partial charge is 0.407 e. The van der Waals surface area contributed by atoms with E-state index in [9.17, 15) is 27.6 Å². The lowest BCUT2D eigenvalue weighted by Crippen LogP contribution is -2.60. The summed E-state index contributed by atoms with van der Waals surface area (Å²) in [6, 6.07) is 13.0. The summed E-state index contributed by atoms with van der Waals surface area (Å²) in [6.07, 6.45) is 6.44. The number of aromatic nitrogens is 1. The molecule has 3 N–H and O–H groups in total. The molecule has 15 heteroatoms. The SMILES string of the molecule is C=C[C@@H]1C[C@]1(NC(=O)[C@@H]1C[C@@H]2CN1C(=O)[C@H](C(C)(C)C)NC(=O)OCC(C)(C)CC/C=C/c1cc3c(cc(-c4ccccc4)nc3cc1OC)O2)C(=O)NS(=O)(=O)C1CC1. The highest BCUT2D eigenvalue weighted by molar-refractivity contribution is 7.91. The molecule has 320 valence electrons. The van der Waals surface area contributed by atoms with E-state index in [0.29, 0.717) is 53.8 Å². The van der Waals surface area contributed by atoms with Crippen molar-refractivity contribution in [2.75, 3.05) is 20.3 Å². The summed E-state index contributed by atoms with van der Waals surface area (Å²) in [5, 5.41) is 5.66. The molecule has 1 aromatic heterocycles. The zero-order valence-electron chi connectivity index (χ0n) is 35.1. The molecule has 4 aliphatic rings. The Bertz CT molecular complexity index is 2340. The van der Waals surface area contributed by atoms with Gasteiger partial charge in [-0.1, -0.05) is 83.2 Å². The lowest BCUT2D eigenvalue weighted by Gasteiger charge is -2.35. The number of hydrogen-bond acceptors (Lipinski definition) is 10. The number of allylic oxidation sites excluding steroid dienone is 1. The molecule has 1 saturated heterocycles. The van der Waals surface area contributed by atoms with Gasteiger partial charge < -0.3 is 29.7 Å². The van der Waals surface area contributed by atoms with Gasteiger partial charge in [0.1, 0.15) is 35.2 Å². The third-order valence-electron chi connectivity index (χ3n) is 11.8. The number of cyclic esters (lactones) is 1. The molecule has 7 rings (SSSR count). The van der Waals surface area contributed by atoms with Gasteiger partial charge in [-0.2, -0.15) is 0 Å². The van der Waals surface area contributed by atoms with E-state index >= 15 is 0 Å². The topological polar surface area (TPSA) is 182 Å². The van der Waals surface area contributed by atoms with Crippen LogP contribution in [0.5, 0.6) is 11.5 Å². The summed E-state index contributed by atoms with van der Waals surface area (Å²) >= 11 is 0. The van der Waals surface area contributed by atoms with Crippen molar-refractivity contribution in [3.05, 3.63) is 72.8 Å². The molecule has 2 saturated carbocycles. The number of nitrogens with zero attached hydrogens (tertiary/aromatic N) is 2. The molecule has 3 fully saturated rings. The van der Waals surface area contributed by atoms with Crippen LogP contribution in [0.3, 0.4) is 0 Å². The number of amides is 4. The average molecular weight is 842 g/mol. The number of carbonyl (C=O) groups is 4. The molecule has 0 unspecified atom stereocenters. The number of carbonyl (C=O) groups excluding carboxylic acids is 4. The number of ether oxygens (including phenoxy) is 3. The van der Waals surface area contributed by atoms with Gasteiger partial charge in [0.05, 0.1) is 36.7 Å². The predicted molar refractivity (Wildman–Crippen MR) is 227 cm³/mol. The second-order valence-electron chi connectivity index (χ2n) is 18.3. The van der Waals surface area contributed by atoms with E-state index in [1.54, 1.807) is 27.9 Å². The van der Waals surface area contributed by atoms with E-state index in [-0.39, 0.29) is 26.0 Å². The number of hydrogen-bond donors (Lipinski definition) is 3. The van der Waals surface area contributed by atoms with E-state index in [4.69, 9.17) is 19.2 Å². The van der Waals surface area contributed by atoms with Crippen LogP contribution in [0.1, 0.15) is 78.7 Å². The lowest BCUT2D eigenvalue weighted by molar-refractivity contribution is -0.142. The van der Waals surface area contributed by atoms with Crippen LogP contribution in [0.15, 0.2) is 67.3 Å². The van der Waals surface area contributed by atoms with Crippen LogP contribution in [-0.2, 0) is 29.1 Å². The molecule has 0 radical (unpaired) electrons. The highest BCUT2D eigenvalue weighted by Gasteiger charge is 2.62. The molecule has 3 heterocycles. The first kappa shape index (κ1) is 42.7. The first-order valence-corrected chi connectivity index (χ1v) is 22.0. The molecule has 60 heavy (non-hydrogen) atoms. The zero-order valence-corrected chi connectivity index (χ0v) is 35.9. The molecule has 2 aliphatic carbocycles. The summed E-state index contributed by atoms with van der Waals surface area (Å²) in [5.74, 6) is -1.52. The van der Waals surface area contributed by atoms with Gasteiger partial charge in [0, 0.05) is 41.0 Å². The summed E-state index contributed by atoms with van der Waals surface area (Å²) in [4.78, 5) is 62.9. The minimum Gasteiger partial charge on any atom is -0.496 e. The van der Waals surface area contributed by atoms with Crippen molar-refractivity contribution in [3.8, 4) is 22.8 Å². The number of pyridine rings is 1. The highest BCUT2D eigenvalue weighted by Crippen LogP contribution is 2.46. The van der Waals surface area contributed by atoms with Crippen molar-refractivity contribution >= 4 is 50.8 Å². The average Bonchev–Trinajstić information content (AvgIpc) is 4.13. The minimum absolute atomic E-state index is 0.0112. The fraction of sp³-hybridized carbons (Fsp3) is 0.489. The summed E-state index contributed by atoms with van der Waals surface area (Å²) in [7, 11) is -2.33. The van der Waals surface area contributed by atoms with Gasteiger partial charge in [-0.15, -0.1) is 6.58 Å². The molecule has 0 spiro atoms. The molecule has 4 bridgehead atoms. The quantitative estimate of drug-likeness (QED) is 0.231. The Balaban J connectivity index is 1.30. The fourth-order valence-corrected chi connectivity index (χ4v) is 9.33. The molecular formula is C45H55N5O9S. The highest BCUT2D eigenvalue weighted by atomic mass is 32.2. The number of rotatable bonds is 8. The Morgan fingerprint density at radius 3 is 2.48 bits per heavy atom. The number of alkyl carbamates (subject to hydrolysis) is 1. The Morgan fingerprint density at radius 2 is 1.83 bits per heavy atom. The molecule has 2 aromatic carbocycles. The largest absolute Gasteiger partial charge is 0.496 e. The minimum atomic E-state index is -3.93. The van der Waals surface area contributed by atoms with Crippen molar-refractivity contribution < 1.29 is 41.8 Å². The van der Waals surface area contributed by atoms with Crippen LogP contribution in [-0.4, -0.2) is 91.4 Å². The molecule has 4 amide bonds. The fourth-order valence-electron chi connectivity index (χ4n) is 7.97. The maximum absolute atomic E-state index is 14.8. The summed E-state index contributed by atoms with van der Waals surface area (Å²) in [5.41, 5.74) is 0.0658. The van der Waals surface area contributed by atoms with Crippen molar-refractivity contribution in [1.29, 1.82) is 0 Å². The zero-order chi connectivity index (χ0) is 43.2. The van der Waals surface area contributed by atoms with Gasteiger partial charge in [0.2, 0.25) is 21.8 Å². The summed E-state index contributed by atoms with van der Waals surface area (Å²) < 4.78 is 46.2. The third-order valence-corrected chi connectivity index (χ3v) is 13.7. The van der Waals surface area contributed by atoms with Gasteiger partial charge in [-0.3, -0.25) is 19.1 Å². The lowest BCUT2D eigenvalue weighted by atomic mass is 9.85. The van der Waals surface area contributed by atoms with Gasteiger partial charge in [0.15, 0.2) is 0 Å². The normalized spacial score (nSPS) is 26.3. The summed E-state index contributed by atoms with van der Waals surface area (Å²) in [6.45, 7) is 13.3. The van der Waals surface area contributed by atoms with E-state index < -0.39 is 79.6 Å². The molecule has 3 aromatic rings.